The minimum atomic E-state index is -0.841. The van der Waals surface area contributed by atoms with Gasteiger partial charge in [-0.2, -0.15) is 0 Å². The summed E-state index contributed by atoms with van der Waals surface area (Å²) in [4.78, 5) is 41.9. The van der Waals surface area contributed by atoms with E-state index in [1.54, 1.807) is 25.7 Å². The third-order valence-corrected chi connectivity index (χ3v) is 5.84. The van der Waals surface area contributed by atoms with Crippen molar-refractivity contribution >= 4 is 17.9 Å². The molecule has 0 bridgehead atoms. The van der Waals surface area contributed by atoms with Gasteiger partial charge in [0.15, 0.2) is 0 Å². The van der Waals surface area contributed by atoms with Crippen molar-refractivity contribution in [1.29, 1.82) is 0 Å². The molecule has 198 valence electrons. The molecule has 1 rings (SSSR count). The Morgan fingerprint density at radius 3 is 2.03 bits per heavy atom. The maximum absolute atomic E-state index is 14.0. The van der Waals surface area contributed by atoms with E-state index in [0.717, 1.165) is 36.0 Å². The third kappa shape index (κ3) is 9.19. The Labute approximate surface area is 212 Å². The lowest BCUT2D eigenvalue weighted by molar-refractivity contribution is -0.145. The van der Waals surface area contributed by atoms with Gasteiger partial charge in [0.05, 0.1) is 0 Å². The first-order valence-electron chi connectivity index (χ1n) is 12.9. The van der Waals surface area contributed by atoms with Gasteiger partial charge < -0.3 is 20.3 Å². The standard InChI is InChI=1S/C28H47N3O4/c1-11-12-13-17-29-25(32)24(22-20(6)15-14-16-21(22)7)31(19(4)5)26(33)23(18(2)3)30-27(34)35-28(8,9)10/h14-16,18-19,23-24H,11-13,17H2,1-10H3,(H,29,32)(H,30,34). The van der Waals surface area contributed by atoms with Crippen LogP contribution in [0.2, 0.25) is 0 Å². The largest absolute Gasteiger partial charge is 0.444 e. The summed E-state index contributed by atoms with van der Waals surface area (Å²) in [6.45, 7) is 19.5. The number of carbonyl (C=O) groups excluding carboxylic acids is 3. The van der Waals surface area contributed by atoms with E-state index >= 15 is 0 Å². The van der Waals surface area contributed by atoms with Crippen LogP contribution in [0.3, 0.4) is 0 Å². The molecule has 2 N–H and O–H groups in total. The van der Waals surface area contributed by atoms with Crippen molar-refractivity contribution in [2.45, 2.75) is 112 Å². The van der Waals surface area contributed by atoms with Crippen molar-refractivity contribution in [2.24, 2.45) is 5.92 Å². The molecule has 3 amide bonds. The first kappa shape index (κ1) is 30.5. The van der Waals surface area contributed by atoms with Crippen molar-refractivity contribution in [2.75, 3.05) is 6.54 Å². The Bertz CT molecular complexity index is 838. The van der Waals surface area contributed by atoms with Crippen LogP contribution in [0, 0.1) is 19.8 Å². The highest BCUT2D eigenvalue weighted by Gasteiger charge is 2.39. The number of unbranched alkanes of at least 4 members (excludes halogenated alkanes) is 2. The Morgan fingerprint density at radius 1 is 1.00 bits per heavy atom. The molecular weight excluding hydrogens is 442 g/mol. The lowest BCUT2D eigenvalue weighted by atomic mass is 9.92. The number of alkyl carbamates (subject to hydrolysis) is 1. The molecule has 0 saturated carbocycles. The molecule has 1 aromatic carbocycles. The first-order valence-corrected chi connectivity index (χ1v) is 12.9. The van der Waals surface area contributed by atoms with Crippen molar-refractivity contribution < 1.29 is 19.1 Å². The van der Waals surface area contributed by atoms with Gasteiger partial charge >= 0.3 is 6.09 Å². The van der Waals surface area contributed by atoms with E-state index in [1.165, 1.54) is 0 Å². The smallest absolute Gasteiger partial charge is 0.408 e. The van der Waals surface area contributed by atoms with Crippen molar-refractivity contribution in [3.05, 3.63) is 34.9 Å². The fraction of sp³-hybridized carbons (Fsp3) is 0.679. The van der Waals surface area contributed by atoms with Crippen LogP contribution >= 0.6 is 0 Å². The predicted molar refractivity (Wildman–Crippen MR) is 141 cm³/mol. The number of carbonyl (C=O) groups is 3. The zero-order chi connectivity index (χ0) is 26.9. The number of rotatable bonds is 11. The van der Waals surface area contributed by atoms with E-state index in [-0.39, 0.29) is 23.8 Å². The first-order chi connectivity index (χ1) is 16.2. The summed E-state index contributed by atoms with van der Waals surface area (Å²) >= 11 is 0. The summed E-state index contributed by atoms with van der Waals surface area (Å²) in [5.74, 6) is -0.722. The van der Waals surface area contributed by atoms with Gasteiger partial charge in [0.1, 0.15) is 17.7 Å². The van der Waals surface area contributed by atoms with E-state index in [4.69, 9.17) is 4.74 Å². The monoisotopic (exact) mass is 489 g/mol. The molecule has 0 aliphatic carbocycles. The summed E-state index contributed by atoms with van der Waals surface area (Å²) in [5, 5.41) is 5.81. The van der Waals surface area contributed by atoms with Crippen LogP contribution in [0.4, 0.5) is 4.79 Å². The molecule has 35 heavy (non-hydrogen) atoms. The topological polar surface area (TPSA) is 87.7 Å². The Kier molecular flexibility index (Phi) is 11.7. The van der Waals surface area contributed by atoms with Crippen LogP contribution in [-0.4, -0.2) is 47.0 Å². The zero-order valence-electron chi connectivity index (χ0n) is 23.5. The molecular formula is C28H47N3O4. The van der Waals surface area contributed by atoms with E-state index in [0.29, 0.717) is 6.54 Å². The number of amides is 3. The van der Waals surface area contributed by atoms with Gasteiger partial charge in [-0.05, 0) is 77.5 Å². The van der Waals surface area contributed by atoms with Gasteiger partial charge in [-0.25, -0.2) is 4.79 Å². The van der Waals surface area contributed by atoms with Crippen LogP contribution in [0.25, 0.3) is 0 Å². The van der Waals surface area contributed by atoms with Crippen LogP contribution in [0.1, 0.15) is 97.4 Å². The second kappa shape index (κ2) is 13.5. The van der Waals surface area contributed by atoms with Crippen molar-refractivity contribution in [3.8, 4) is 0 Å². The predicted octanol–water partition coefficient (Wildman–Crippen LogP) is 5.44. The third-order valence-electron chi connectivity index (χ3n) is 5.84. The fourth-order valence-electron chi connectivity index (χ4n) is 4.13. The number of hydrogen-bond donors (Lipinski definition) is 2. The van der Waals surface area contributed by atoms with Crippen LogP contribution in [0.5, 0.6) is 0 Å². The van der Waals surface area contributed by atoms with Gasteiger partial charge in [-0.3, -0.25) is 9.59 Å². The molecule has 7 nitrogen and oxygen atoms in total. The zero-order valence-corrected chi connectivity index (χ0v) is 23.5. The summed E-state index contributed by atoms with van der Waals surface area (Å²) < 4.78 is 5.42. The average Bonchev–Trinajstić information content (AvgIpc) is 2.72. The number of nitrogens with one attached hydrogen (secondary N) is 2. The van der Waals surface area contributed by atoms with Gasteiger partial charge in [0.2, 0.25) is 11.8 Å². The minimum absolute atomic E-state index is 0.206. The minimum Gasteiger partial charge on any atom is -0.444 e. The lowest BCUT2D eigenvalue weighted by Gasteiger charge is -2.39. The molecule has 2 unspecified atom stereocenters. The number of hydrogen-bond acceptors (Lipinski definition) is 4. The Balaban J connectivity index is 3.46. The molecule has 0 fully saturated rings. The SMILES string of the molecule is CCCCCNC(=O)C(c1c(C)cccc1C)N(C(=O)C(NC(=O)OC(C)(C)C)C(C)C)C(C)C. The second-order valence-corrected chi connectivity index (χ2v) is 10.9. The number of nitrogens with zero attached hydrogens (tertiary/aromatic N) is 1. The fourth-order valence-corrected chi connectivity index (χ4v) is 4.13. The molecule has 7 heteroatoms. The summed E-state index contributed by atoms with van der Waals surface area (Å²) in [6, 6.07) is 3.93. The molecule has 0 saturated heterocycles. The van der Waals surface area contributed by atoms with Gasteiger partial charge in [0, 0.05) is 12.6 Å². The van der Waals surface area contributed by atoms with Crippen LogP contribution in [-0.2, 0) is 14.3 Å². The maximum atomic E-state index is 14.0. The summed E-state index contributed by atoms with van der Waals surface area (Å²) in [7, 11) is 0. The van der Waals surface area contributed by atoms with Gasteiger partial charge in [-0.15, -0.1) is 0 Å². The molecule has 0 spiro atoms. The molecule has 2 atom stereocenters. The molecule has 0 aliphatic heterocycles. The normalized spacial score (nSPS) is 13.4. The molecule has 0 heterocycles. The lowest BCUT2D eigenvalue weighted by Crippen LogP contribution is -2.56. The Hall–Kier alpha value is -2.57. The van der Waals surface area contributed by atoms with Crippen molar-refractivity contribution in [3.63, 3.8) is 0 Å². The van der Waals surface area contributed by atoms with Crippen molar-refractivity contribution in [1.82, 2.24) is 15.5 Å². The maximum Gasteiger partial charge on any atom is 0.408 e. The van der Waals surface area contributed by atoms with Crippen LogP contribution < -0.4 is 10.6 Å². The molecule has 0 aromatic heterocycles. The molecule has 1 aromatic rings. The highest BCUT2D eigenvalue weighted by molar-refractivity contribution is 5.93. The van der Waals surface area contributed by atoms with E-state index in [1.807, 2.05) is 59.7 Å². The van der Waals surface area contributed by atoms with Gasteiger partial charge in [-0.1, -0.05) is 51.8 Å². The van der Waals surface area contributed by atoms with E-state index < -0.39 is 23.8 Å². The summed E-state index contributed by atoms with van der Waals surface area (Å²) in [6.07, 6.45) is 2.31. The molecule has 0 radical (unpaired) electrons. The summed E-state index contributed by atoms with van der Waals surface area (Å²) in [5.41, 5.74) is 2.02. The van der Waals surface area contributed by atoms with Crippen LogP contribution in [0.15, 0.2) is 18.2 Å². The molecule has 0 aliphatic rings. The van der Waals surface area contributed by atoms with E-state index in [2.05, 4.69) is 17.6 Å². The highest BCUT2D eigenvalue weighted by Crippen LogP contribution is 2.30. The highest BCUT2D eigenvalue weighted by atomic mass is 16.6. The van der Waals surface area contributed by atoms with E-state index in [9.17, 15) is 14.4 Å². The second-order valence-electron chi connectivity index (χ2n) is 10.9. The number of benzene rings is 1. The average molecular weight is 490 g/mol. The quantitative estimate of drug-likeness (QED) is 0.405. The van der Waals surface area contributed by atoms with Gasteiger partial charge in [0.25, 0.3) is 0 Å². The number of aryl methyl sites for hydroxylation is 2. The number of ether oxygens (including phenoxy) is 1. The Morgan fingerprint density at radius 2 is 1.57 bits per heavy atom.